The fourth-order valence-corrected chi connectivity index (χ4v) is 4.21. The van der Waals surface area contributed by atoms with Gasteiger partial charge in [0.1, 0.15) is 19.1 Å². The molecule has 3 N–H and O–H groups in total. The molecule has 2 heterocycles. The Balaban J connectivity index is 1.89. The third-order valence-electron chi connectivity index (χ3n) is 5.94. The first-order valence-electron chi connectivity index (χ1n) is 9.97. The number of piperidine rings is 1. The minimum Gasteiger partial charge on any atom is -0.480 e. The van der Waals surface area contributed by atoms with Crippen LogP contribution in [0.15, 0.2) is 5.11 Å². The van der Waals surface area contributed by atoms with Crippen molar-refractivity contribution in [3.63, 3.8) is 0 Å². The lowest BCUT2D eigenvalue weighted by atomic mass is 9.92. The molecule has 2 saturated heterocycles. The lowest BCUT2D eigenvalue weighted by Gasteiger charge is -2.43. The molecule has 0 spiro atoms. The smallest absolute Gasteiger partial charge is 0.323 e. The van der Waals surface area contributed by atoms with Crippen LogP contribution in [-0.2, 0) is 19.2 Å². The molecule has 11 nitrogen and oxygen atoms in total. The molecule has 0 aromatic heterocycles. The van der Waals surface area contributed by atoms with Crippen LogP contribution in [-0.4, -0.2) is 101 Å². The Hall–Kier alpha value is -2.56. The number of nitrogens with zero attached hydrogens (tertiary/aromatic N) is 4. The van der Waals surface area contributed by atoms with E-state index in [-0.39, 0.29) is 25.2 Å². The maximum atomic E-state index is 13.3. The van der Waals surface area contributed by atoms with E-state index in [2.05, 4.69) is 10.4 Å². The second-order valence-electron chi connectivity index (χ2n) is 7.95. The van der Waals surface area contributed by atoms with Crippen LogP contribution in [0, 0.1) is 11.4 Å². The molecule has 29 heavy (non-hydrogen) atoms. The van der Waals surface area contributed by atoms with Crippen LogP contribution in [0.4, 0.5) is 0 Å². The molecule has 0 bridgehead atoms. The number of nitrogens with one attached hydrogen (secondary N) is 2. The molecule has 160 valence electrons. The van der Waals surface area contributed by atoms with Crippen molar-refractivity contribution in [2.75, 3.05) is 39.8 Å². The van der Waals surface area contributed by atoms with E-state index in [0.717, 1.165) is 37.1 Å². The van der Waals surface area contributed by atoms with Crippen molar-refractivity contribution in [1.82, 2.24) is 20.0 Å². The number of amides is 3. The zero-order valence-corrected chi connectivity index (χ0v) is 16.5. The number of piperazine rings is 1. The number of aliphatic carboxylic acids is 1. The summed E-state index contributed by atoms with van der Waals surface area (Å²) in [5.74, 6) is -3.65. The minimum atomic E-state index is -1.26. The van der Waals surface area contributed by atoms with Gasteiger partial charge in [-0.2, -0.15) is 5.11 Å². The summed E-state index contributed by atoms with van der Waals surface area (Å²) in [5, 5.41) is 15.8. The normalized spacial score (nSPS) is 26.2. The number of carboxylic acids is 1. The molecule has 3 atom stereocenters. The fourth-order valence-electron chi connectivity index (χ4n) is 4.21. The van der Waals surface area contributed by atoms with Crippen LogP contribution in [0.1, 0.15) is 25.7 Å². The lowest BCUT2D eigenvalue weighted by molar-refractivity contribution is -0.165. The fraction of sp³-hybridized carbons (Fsp3) is 0.778. The van der Waals surface area contributed by atoms with Crippen molar-refractivity contribution in [2.45, 2.75) is 43.8 Å². The Bertz CT molecular complexity index is 690. The van der Waals surface area contributed by atoms with E-state index >= 15 is 0 Å². The zero-order chi connectivity index (χ0) is 21.1. The highest BCUT2D eigenvalue weighted by Crippen LogP contribution is 2.32. The summed E-state index contributed by atoms with van der Waals surface area (Å²) in [5.41, 5.74) is 7.30. The van der Waals surface area contributed by atoms with Gasteiger partial charge in [-0.05, 0) is 32.2 Å². The number of hydrogen-bond donors (Lipinski definition) is 3. The van der Waals surface area contributed by atoms with E-state index in [1.54, 1.807) is 11.9 Å². The maximum absolute atomic E-state index is 13.3. The Morgan fingerprint density at radius 1 is 1.34 bits per heavy atom. The zero-order valence-electron chi connectivity index (χ0n) is 16.5. The van der Waals surface area contributed by atoms with Crippen molar-refractivity contribution in [2.24, 2.45) is 11.0 Å². The molecule has 1 unspecified atom stereocenters. The van der Waals surface area contributed by atoms with Crippen molar-refractivity contribution >= 4 is 23.7 Å². The molecule has 1 saturated carbocycles. The van der Waals surface area contributed by atoms with E-state index in [0.29, 0.717) is 6.54 Å². The number of carboxylic acid groups (broad SMARTS) is 1. The average molecular weight is 408 g/mol. The number of carbonyl (C=O) groups excluding carboxylic acids is 3. The average Bonchev–Trinajstić information content (AvgIpc) is 3.54. The summed E-state index contributed by atoms with van der Waals surface area (Å²) < 4.78 is 0. The predicted molar refractivity (Wildman–Crippen MR) is 100 cm³/mol. The predicted octanol–water partition coefficient (Wildman–Crippen LogP) is -0.870. The van der Waals surface area contributed by atoms with Gasteiger partial charge in [0, 0.05) is 25.7 Å². The van der Waals surface area contributed by atoms with Gasteiger partial charge in [0.05, 0.1) is 12.5 Å². The van der Waals surface area contributed by atoms with Gasteiger partial charge in [0.2, 0.25) is 17.7 Å². The van der Waals surface area contributed by atoms with Crippen molar-refractivity contribution in [3.05, 3.63) is 0 Å². The highest BCUT2D eigenvalue weighted by molar-refractivity contribution is 6.00. The molecular formula is C18H28N6O5. The first kappa shape index (κ1) is 21.2. The number of hydrogen-bond acceptors (Lipinski definition) is 7. The highest BCUT2D eigenvalue weighted by Gasteiger charge is 2.50. The van der Waals surface area contributed by atoms with Gasteiger partial charge in [-0.15, -0.1) is 0 Å². The molecule has 0 aromatic carbocycles. The third-order valence-corrected chi connectivity index (χ3v) is 5.94. The molecule has 3 aliphatic rings. The van der Waals surface area contributed by atoms with Crippen molar-refractivity contribution in [1.29, 1.82) is 5.53 Å². The SMILES string of the molecule is CN(C(=O)C(CN=N)[C@H]1C(=O)N(C2CC2)CC(=O)N1CC(=O)O)[C@H]1CCCNC1. The molecule has 2 aliphatic heterocycles. The van der Waals surface area contributed by atoms with Gasteiger partial charge in [-0.1, -0.05) is 0 Å². The van der Waals surface area contributed by atoms with Gasteiger partial charge in [-0.25, -0.2) is 5.53 Å². The van der Waals surface area contributed by atoms with Crippen molar-refractivity contribution < 1.29 is 24.3 Å². The number of likely N-dealkylation sites (N-methyl/N-ethyl adjacent to an activating group) is 1. The summed E-state index contributed by atoms with van der Waals surface area (Å²) in [6, 6.07) is -1.36. The van der Waals surface area contributed by atoms with E-state index < -0.39 is 42.2 Å². The Morgan fingerprint density at radius 2 is 2.07 bits per heavy atom. The molecular weight excluding hydrogens is 380 g/mol. The molecule has 3 fully saturated rings. The standard InChI is InChI=1S/C18H28N6O5/c1-22(12-3-2-6-20-7-12)17(28)13(8-21-19)16-18(29)23(11-4-5-11)9-14(25)24(16)10-15(26)27/h11-13,16,19-20H,2-10H2,1H3,(H,26,27)/t12-,13?,16-/m0/s1. The molecule has 1 aliphatic carbocycles. The topological polar surface area (TPSA) is 146 Å². The molecule has 0 radical (unpaired) electrons. The van der Waals surface area contributed by atoms with Crippen LogP contribution < -0.4 is 5.32 Å². The van der Waals surface area contributed by atoms with E-state index in [4.69, 9.17) is 5.53 Å². The van der Waals surface area contributed by atoms with Gasteiger partial charge in [-0.3, -0.25) is 19.2 Å². The van der Waals surface area contributed by atoms with Crippen LogP contribution in [0.3, 0.4) is 0 Å². The summed E-state index contributed by atoms with van der Waals surface area (Å²) >= 11 is 0. The maximum Gasteiger partial charge on any atom is 0.323 e. The molecule has 11 heteroatoms. The monoisotopic (exact) mass is 408 g/mol. The van der Waals surface area contributed by atoms with Crippen LogP contribution >= 0.6 is 0 Å². The summed E-state index contributed by atoms with van der Waals surface area (Å²) in [6.45, 7) is 0.389. The van der Waals surface area contributed by atoms with Gasteiger partial charge < -0.3 is 25.1 Å². The summed E-state index contributed by atoms with van der Waals surface area (Å²) in [7, 11) is 1.65. The number of carbonyl (C=O) groups is 4. The first-order valence-corrected chi connectivity index (χ1v) is 9.97. The van der Waals surface area contributed by atoms with E-state index in [9.17, 15) is 24.3 Å². The molecule has 3 rings (SSSR count). The minimum absolute atomic E-state index is 0.0371. The van der Waals surface area contributed by atoms with E-state index in [1.807, 2.05) is 0 Å². The quantitative estimate of drug-likeness (QED) is 0.445. The third kappa shape index (κ3) is 4.55. The van der Waals surface area contributed by atoms with Gasteiger partial charge in [0.15, 0.2) is 0 Å². The second kappa shape index (κ2) is 8.85. The van der Waals surface area contributed by atoms with Crippen LogP contribution in [0.2, 0.25) is 0 Å². The van der Waals surface area contributed by atoms with Crippen LogP contribution in [0.5, 0.6) is 0 Å². The van der Waals surface area contributed by atoms with Gasteiger partial charge >= 0.3 is 5.97 Å². The Labute approximate surface area is 168 Å². The second-order valence-corrected chi connectivity index (χ2v) is 7.95. The number of rotatable bonds is 8. The Morgan fingerprint density at radius 3 is 2.62 bits per heavy atom. The Kier molecular flexibility index (Phi) is 6.46. The van der Waals surface area contributed by atoms with Crippen LogP contribution in [0.25, 0.3) is 0 Å². The first-order chi connectivity index (χ1) is 13.8. The molecule has 0 aromatic rings. The highest BCUT2D eigenvalue weighted by atomic mass is 16.4. The largest absolute Gasteiger partial charge is 0.480 e. The van der Waals surface area contributed by atoms with Crippen molar-refractivity contribution in [3.8, 4) is 0 Å². The summed E-state index contributed by atoms with van der Waals surface area (Å²) in [4.78, 5) is 54.5. The summed E-state index contributed by atoms with van der Waals surface area (Å²) in [6.07, 6.45) is 3.31. The molecule has 3 amide bonds. The van der Waals surface area contributed by atoms with E-state index in [1.165, 1.54) is 4.90 Å². The lowest BCUT2D eigenvalue weighted by Crippen LogP contribution is -2.66. The van der Waals surface area contributed by atoms with Gasteiger partial charge in [0.25, 0.3) is 0 Å².